The van der Waals surface area contributed by atoms with Crippen molar-refractivity contribution in [1.82, 2.24) is 9.75 Å². The molecule has 1 rings (SSSR count). The molecule has 0 aromatic heterocycles. The monoisotopic (exact) mass is 267 g/mol. The molecule has 0 spiro atoms. The van der Waals surface area contributed by atoms with Gasteiger partial charge in [0, 0.05) is 39.5 Å². The van der Waals surface area contributed by atoms with E-state index in [-0.39, 0.29) is 18.1 Å². The average Bonchev–Trinajstić information content (AvgIpc) is 2.32. The van der Waals surface area contributed by atoms with E-state index in [1.54, 1.807) is 0 Å². The molecule has 4 nitrogen and oxygen atoms in total. The number of halogens is 2. The van der Waals surface area contributed by atoms with Crippen LogP contribution in [-0.2, 0) is 9.09 Å². The van der Waals surface area contributed by atoms with Gasteiger partial charge < -0.3 is 4.52 Å². The molecule has 1 saturated heterocycles. The van der Waals surface area contributed by atoms with Gasteiger partial charge in [0.25, 0.3) is 0 Å². The molecule has 7 heteroatoms. The van der Waals surface area contributed by atoms with Gasteiger partial charge in [0.1, 0.15) is 1.41 Å². The van der Waals surface area contributed by atoms with E-state index in [1.807, 2.05) is 0 Å². The molecular weight excluding hydrogens is 246 g/mol. The van der Waals surface area contributed by atoms with Crippen LogP contribution in [0.4, 0.5) is 0 Å². The molecule has 1 unspecified atom stereocenters. The van der Waals surface area contributed by atoms with Crippen LogP contribution in [0.3, 0.4) is 0 Å². The summed E-state index contributed by atoms with van der Waals surface area (Å²) in [6, 6.07) is 0. The van der Waals surface area contributed by atoms with Crippen molar-refractivity contribution in [3.63, 3.8) is 0 Å². The number of nitrogens with one attached hydrogen (secondary N) is 1. The second kappa shape index (κ2) is 6.31. The summed E-state index contributed by atoms with van der Waals surface area (Å²) in [6.07, 6.45) is -0.230. The molecule has 1 aliphatic rings. The largest absolute Gasteiger partial charge is 0.343 e. The van der Waals surface area contributed by atoms with Gasteiger partial charge in [-0.2, -0.15) is 0 Å². The van der Waals surface area contributed by atoms with E-state index in [0.717, 1.165) is 0 Å². The Morgan fingerprint density at radius 1 is 1.79 bits per heavy atom. The number of hydrogen-bond donors (Lipinski definition) is 1. The normalized spacial score (nSPS) is 42.6. The Kier molecular flexibility index (Phi) is 2.64. The maximum absolute atomic E-state index is 12.8. The summed E-state index contributed by atoms with van der Waals surface area (Å²) in [7, 11) is -4.50. The Morgan fingerprint density at radius 2 is 2.57 bits per heavy atom. The summed E-state index contributed by atoms with van der Waals surface area (Å²) in [6.45, 7) is -6.02. The van der Waals surface area contributed by atoms with E-state index in [2.05, 4.69) is 0 Å². The first kappa shape index (κ1) is 5.85. The Bertz CT molecular complexity index is 436. The van der Waals surface area contributed by atoms with Crippen molar-refractivity contribution < 1.29 is 18.7 Å². The Balaban J connectivity index is 3.27. The van der Waals surface area contributed by atoms with Crippen LogP contribution in [0.2, 0.25) is 1.41 Å². The SMILES string of the molecule is [2H]N1C([2H])([2H])CCOP1(=O)N(CC([2H])([2H])Cl)C([2H])([2H])CCl. The second-order valence-corrected chi connectivity index (χ2v) is 4.77. The van der Waals surface area contributed by atoms with Crippen molar-refractivity contribution in [2.45, 2.75) is 6.42 Å². The third-order valence-corrected chi connectivity index (χ3v) is 3.47. The number of hydrogen-bond acceptors (Lipinski definition) is 2. The van der Waals surface area contributed by atoms with E-state index < -0.39 is 38.9 Å². The molecule has 1 aliphatic heterocycles. The second-order valence-electron chi connectivity index (χ2n) is 2.31. The molecule has 0 aromatic rings. The summed E-state index contributed by atoms with van der Waals surface area (Å²) in [4.78, 5) is 0. The van der Waals surface area contributed by atoms with E-state index in [4.69, 9.17) is 37.4 Å². The predicted octanol–water partition coefficient (Wildman–Crippen LogP) is 1.88. The van der Waals surface area contributed by atoms with Crippen molar-refractivity contribution in [2.75, 3.05) is 37.9 Å². The first-order valence-electron chi connectivity index (χ1n) is 7.28. The lowest BCUT2D eigenvalue weighted by molar-refractivity contribution is 0.233. The third-order valence-electron chi connectivity index (χ3n) is 1.43. The summed E-state index contributed by atoms with van der Waals surface area (Å²) in [5.74, 6) is -3.16. The molecule has 0 aromatic carbocycles. The molecule has 0 saturated carbocycles. The van der Waals surface area contributed by atoms with Gasteiger partial charge >= 0.3 is 7.67 Å². The molecular formula is C7H15Cl2N2O2P. The minimum absolute atomic E-state index is 0.0382. The molecule has 14 heavy (non-hydrogen) atoms. The standard InChI is InChI=1S/C7H15Cl2N2O2P/c8-2-5-11(6-3-9)14(12)10-4-1-7-13-14/h1-7H2,(H,10,12)/i2D2,4D2,6D2/hD. The topological polar surface area (TPSA) is 41.6 Å². The zero-order chi connectivity index (χ0) is 16.7. The minimum Gasteiger partial charge on any atom is -0.306 e. The van der Waals surface area contributed by atoms with Crippen LogP contribution in [0.15, 0.2) is 0 Å². The van der Waals surface area contributed by atoms with Gasteiger partial charge in [-0.1, -0.05) is 0 Å². The van der Waals surface area contributed by atoms with Gasteiger partial charge in [0.15, 0.2) is 0 Å². The number of alkyl halides is 2. The maximum atomic E-state index is 12.8. The van der Waals surface area contributed by atoms with Crippen LogP contribution in [0.1, 0.15) is 14.6 Å². The lowest BCUT2D eigenvalue weighted by Gasteiger charge is -2.33. The summed E-state index contributed by atoms with van der Waals surface area (Å²) < 4.78 is 71.2. The highest BCUT2D eigenvalue weighted by atomic mass is 35.5. The van der Waals surface area contributed by atoms with Gasteiger partial charge in [-0.25, -0.2) is 9.75 Å². The molecule has 0 radical (unpaired) electrons. The summed E-state index contributed by atoms with van der Waals surface area (Å²) in [5, 5.41) is 0.0382. The first-order chi connectivity index (χ1) is 9.26. The fourth-order valence-electron chi connectivity index (χ4n) is 0.862. The lowest BCUT2D eigenvalue weighted by atomic mass is 10.5. The molecule has 1 atom stereocenters. The van der Waals surface area contributed by atoms with E-state index in [9.17, 15) is 4.57 Å². The third kappa shape index (κ3) is 3.37. The van der Waals surface area contributed by atoms with Crippen molar-refractivity contribution in [3.8, 4) is 0 Å². The molecule has 0 aliphatic carbocycles. The van der Waals surface area contributed by atoms with Gasteiger partial charge in [-0.15, -0.1) is 23.2 Å². The average molecular weight is 268 g/mol. The Morgan fingerprint density at radius 3 is 3.21 bits per heavy atom. The number of rotatable bonds is 5. The smallest absolute Gasteiger partial charge is 0.306 e. The van der Waals surface area contributed by atoms with Gasteiger partial charge in [0.05, 0.1) is 6.61 Å². The van der Waals surface area contributed by atoms with Crippen LogP contribution in [0, 0.1) is 0 Å². The zero-order valence-electron chi connectivity index (χ0n) is 14.2. The van der Waals surface area contributed by atoms with Crippen LogP contribution in [-0.4, -0.2) is 42.5 Å². The van der Waals surface area contributed by atoms with Crippen molar-refractivity contribution in [1.29, 1.82) is 0 Å². The summed E-state index contributed by atoms with van der Waals surface area (Å²) >= 11 is 10.9. The quantitative estimate of drug-likeness (QED) is 0.610. The van der Waals surface area contributed by atoms with Crippen molar-refractivity contribution in [2.24, 2.45) is 0 Å². The molecule has 1 fully saturated rings. The van der Waals surface area contributed by atoms with Crippen molar-refractivity contribution >= 4 is 30.9 Å². The van der Waals surface area contributed by atoms with E-state index in [0.29, 0.717) is 4.67 Å². The first-order valence-corrected chi connectivity index (χ1v) is 6.28. The molecule has 84 valence electrons. The van der Waals surface area contributed by atoms with Crippen LogP contribution >= 0.6 is 30.9 Å². The molecule has 1 heterocycles. The Hall–Kier alpha value is 0.690. The highest BCUT2D eigenvalue weighted by molar-refractivity contribution is 7.54. The van der Waals surface area contributed by atoms with Crippen molar-refractivity contribution in [3.05, 3.63) is 0 Å². The fourth-order valence-corrected chi connectivity index (χ4v) is 2.70. The number of nitrogens with zero attached hydrogens (tertiary/aromatic N) is 1. The predicted molar refractivity (Wildman–Crippen MR) is 59.2 cm³/mol. The van der Waals surface area contributed by atoms with Crippen LogP contribution < -0.4 is 5.08 Å². The molecule has 1 N–H and O–H groups in total. The highest BCUT2D eigenvalue weighted by Gasteiger charge is 2.32. The fraction of sp³-hybridized carbons (Fsp3) is 1.00. The molecule has 0 amide bonds. The highest BCUT2D eigenvalue weighted by Crippen LogP contribution is 2.47. The molecule has 0 bridgehead atoms. The lowest BCUT2D eigenvalue weighted by Crippen LogP contribution is -2.35. The van der Waals surface area contributed by atoms with Crippen LogP contribution in [0.5, 0.6) is 0 Å². The zero-order valence-corrected chi connectivity index (χ0v) is 9.65. The minimum atomic E-state index is -4.50. The maximum Gasteiger partial charge on any atom is 0.343 e. The van der Waals surface area contributed by atoms with Crippen LogP contribution in [0.25, 0.3) is 0 Å². The Labute approximate surface area is 104 Å². The van der Waals surface area contributed by atoms with E-state index >= 15 is 0 Å². The summed E-state index contributed by atoms with van der Waals surface area (Å²) in [5.41, 5.74) is 0. The van der Waals surface area contributed by atoms with Gasteiger partial charge in [0.2, 0.25) is 0 Å². The van der Waals surface area contributed by atoms with Gasteiger partial charge in [-0.3, -0.25) is 4.57 Å². The van der Waals surface area contributed by atoms with E-state index in [1.165, 1.54) is 0 Å². The van der Waals surface area contributed by atoms with Gasteiger partial charge in [-0.05, 0) is 6.42 Å².